The van der Waals surface area contributed by atoms with Crippen molar-refractivity contribution in [2.45, 2.75) is 6.54 Å². The lowest BCUT2D eigenvalue weighted by Gasteiger charge is -2.12. The minimum Gasteiger partial charge on any atom is -0.396 e. The monoisotopic (exact) mass is 277 g/mol. The number of halogens is 2. The summed E-state index contributed by atoms with van der Waals surface area (Å²) in [4.78, 5) is 11.2. The van der Waals surface area contributed by atoms with Crippen molar-refractivity contribution in [1.82, 2.24) is 0 Å². The van der Waals surface area contributed by atoms with E-state index in [9.17, 15) is 13.6 Å². The van der Waals surface area contributed by atoms with Gasteiger partial charge in [0.05, 0.1) is 16.9 Å². The Balaban J connectivity index is 2.21. The van der Waals surface area contributed by atoms with Crippen LogP contribution in [0.4, 0.5) is 20.2 Å². The lowest BCUT2D eigenvalue weighted by Crippen LogP contribution is -2.15. The lowest BCUT2D eigenvalue weighted by molar-refractivity contribution is 0.100. The number of hydrogen-bond donors (Lipinski definition) is 3. The predicted molar refractivity (Wildman–Crippen MR) is 73.1 cm³/mol. The highest BCUT2D eigenvalue weighted by atomic mass is 19.1. The molecule has 104 valence electrons. The molecule has 0 aliphatic carbocycles. The molecule has 0 saturated heterocycles. The molecule has 0 radical (unpaired) electrons. The van der Waals surface area contributed by atoms with Gasteiger partial charge in [-0.15, -0.1) is 0 Å². The number of anilines is 2. The first-order valence-electron chi connectivity index (χ1n) is 5.85. The van der Waals surface area contributed by atoms with Crippen molar-refractivity contribution in [2.75, 3.05) is 11.1 Å². The highest BCUT2D eigenvalue weighted by Crippen LogP contribution is 2.23. The molecule has 4 nitrogen and oxygen atoms in total. The molecule has 0 fully saturated rings. The molecular formula is C14H13F2N3O. The van der Waals surface area contributed by atoms with Crippen LogP contribution in [0.15, 0.2) is 36.4 Å². The molecule has 0 aliphatic heterocycles. The molecule has 6 heteroatoms. The molecule has 0 spiro atoms. The third-order valence-corrected chi connectivity index (χ3v) is 2.85. The highest BCUT2D eigenvalue weighted by Gasteiger charge is 2.10. The van der Waals surface area contributed by atoms with Crippen molar-refractivity contribution in [2.24, 2.45) is 5.73 Å². The molecule has 0 bridgehead atoms. The Hall–Kier alpha value is -2.63. The predicted octanol–water partition coefficient (Wildman–Crippen LogP) is 2.26. The average molecular weight is 277 g/mol. The molecule has 0 aliphatic rings. The van der Waals surface area contributed by atoms with Gasteiger partial charge in [-0.05, 0) is 30.3 Å². The molecule has 0 unspecified atom stereocenters. The summed E-state index contributed by atoms with van der Waals surface area (Å²) in [5.41, 5.74) is 11.9. The van der Waals surface area contributed by atoms with E-state index in [2.05, 4.69) is 5.32 Å². The Labute approximate surface area is 114 Å². The fourth-order valence-corrected chi connectivity index (χ4v) is 1.80. The van der Waals surface area contributed by atoms with Gasteiger partial charge < -0.3 is 16.8 Å². The van der Waals surface area contributed by atoms with Crippen molar-refractivity contribution < 1.29 is 13.6 Å². The Morgan fingerprint density at radius 1 is 1.20 bits per heavy atom. The number of para-hydroxylation sites is 1. The topological polar surface area (TPSA) is 81.1 Å². The van der Waals surface area contributed by atoms with Crippen molar-refractivity contribution in [3.8, 4) is 0 Å². The maximum absolute atomic E-state index is 13.5. The molecule has 20 heavy (non-hydrogen) atoms. The van der Waals surface area contributed by atoms with Crippen LogP contribution < -0.4 is 16.8 Å². The van der Waals surface area contributed by atoms with E-state index in [1.165, 1.54) is 6.07 Å². The standard InChI is InChI=1S/C14H13F2N3O/c15-9-4-5-11(16)8(6-9)7-19-12-3-1-2-10(13(12)17)14(18)20/h1-6,19H,7,17H2,(H2,18,20). The summed E-state index contributed by atoms with van der Waals surface area (Å²) in [5.74, 6) is -1.70. The number of nitrogens with one attached hydrogen (secondary N) is 1. The van der Waals surface area contributed by atoms with Crippen LogP contribution in [-0.2, 0) is 6.54 Å². The Kier molecular flexibility index (Phi) is 3.84. The van der Waals surface area contributed by atoms with Gasteiger partial charge in [0.1, 0.15) is 11.6 Å². The molecule has 2 rings (SSSR count). The van der Waals surface area contributed by atoms with Gasteiger partial charge in [0.15, 0.2) is 0 Å². The molecular weight excluding hydrogens is 264 g/mol. The molecule has 5 N–H and O–H groups in total. The van der Waals surface area contributed by atoms with Crippen molar-refractivity contribution in [3.05, 3.63) is 59.2 Å². The maximum atomic E-state index is 13.5. The molecule has 2 aromatic carbocycles. The highest BCUT2D eigenvalue weighted by molar-refractivity contribution is 6.00. The van der Waals surface area contributed by atoms with Gasteiger partial charge in [0.25, 0.3) is 5.91 Å². The fourth-order valence-electron chi connectivity index (χ4n) is 1.80. The van der Waals surface area contributed by atoms with E-state index in [0.717, 1.165) is 18.2 Å². The van der Waals surface area contributed by atoms with Crippen molar-refractivity contribution >= 4 is 17.3 Å². The SMILES string of the molecule is NC(=O)c1cccc(NCc2cc(F)ccc2F)c1N. The minimum atomic E-state index is -0.650. The minimum absolute atomic E-state index is 0.0377. The average Bonchev–Trinajstić information content (AvgIpc) is 2.41. The van der Waals surface area contributed by atoms with Crippen LogP contribution in [0.2, 0.25) is 0 Å². The molecule has 0 saturated carbocycles. The van der Waals surface area contributed by atoms with E-state index in [1.807, 2.05) is 0 Å². The number of benzene rings is 2. The third-order valence-electron chi connectivity index (χ3n) is 2.85. The zero-order valence-corrected chi connectivity index (χ0v) is 10.5. The smallest absolute Gasteiger partial charge is 0.250 e. The van der Waals surface area contributed by atoms with E-state index in [-0.39, 0.29) is 23.4 Å². The summed E-state index contributed by atoms with van der Waals surface area (Å²) < 4.78 is 26.5. The van der Waals surface area contributed by atoms with Gasteiger partial charge in [0, 0.05) is 12.1 Å². The quantitative estimate of drug-likeness (QED) is 0.750. The van der Waals surface area contributed by atoms with E-state index < -0.39 is 17.5 Å². The van der Waals surface area contributed by atoms with Crippen LogP contribution in [-0.4, -0.2) is 5.91 Å². The lowest BCUT2D eigenvalue weighted by atomic mass is 10.1. The summed E-state index contributed by atoms with van der Waals surface area (Å²) in [7, 11) is 0. The van der Waals surface area contributed by atoms with Crippen LogP contribution in [0.5, 0.6) is 0 Å². The summed E-state index contributed by atoms with van der Waals surface area (Å²) in [6.07, 6.45) is 0. The summed E-state index contributed by atoms with van der Waals surface area (Å²) in [6, 6.07) is 7.90. The first-order chi connectivity index (χ1) is 9.49. The largest absolute Gasteiger partial charge is 0.396 e. The number of rotatable bonds is 4. The number of primary amides is 1. The Morgan fingerprint density at radius 3 is 2.65 bits per heavy atom. The van der Waals surface area contributed by atoms with Crippen LogP contribution >= 0.6 is 0 Å². The number of amides is 1. The van der Waals surface area contributed by atoms with Crippen molar-refractivity contribution in [3.63, 3.8) is 0 Å². The first-order valence-corrected chi connectivity index (χ1v) is 5.85. The third kappa shape index (κ3) is 2.85. The number of nitrogens with two attached hydrogens (primary N) is 2. The van der Waals surface area contributed by atoms with E-state index in [4.69, 9.17) is 11.5 Å². The Morgan fingerprint density at radius 2 is 1.95 bits per heavy atom. The maximum Gasteiger partial charge on any atom is 0.250 e. The second kappa shape index (κ2) is 5.56. The molecule has 1 amide bonds. The summed E-state index contributed by atoms with van der Waals surface area (Å²) in [6.45, 7) is 0.0377. The summed E-state index contributed by atoms with van der Waals surface area (Å²) >= 11 is 0. The van der Waals surface area contributed by atoms with E-state index in [0.29, 0.717) is 5.69 Å². The van der Waals surface area contributed by atoms with E-state index >= 15 is 0 Å². The first kappa shape index (κ1) is 13.8. The number of carbonyl (C=O) groups excluding carboxylic acids is 1. The van der Waals surface area contributed by atoms with Crippen molar-refractivity contribution in [1.29, 1.82) is 0 Å². The van der Waals surface area contributed by atoms with Crippen LogP contribution in [0.25, 0.3) is 0 Å². The molecule has 0 aromatic heterocycles. The number of hydrogen-bond acceptors (Lipinski definition) is 3. The van der Waals surface area contributed by atoms with Gasteiger partial charge >= 0.3 is 0 Å². The Bertz CT molecular complexity index is 659. The van der Waals surface area contributed by atoms with Crippen LogP contribution in [0.1, 0.15) is 15.9 Å². The van der Waals surface area contributed by atoms with Gasteiger partial charge in [-0.1, -0.05) is 6.07 Å². The van der Waals surface area contributed by atoms with Crippen LogP contribution in [0, 0.1) is 11.6 Å². The molecule has 0 heterocycles. The van der Waals surface area contributed by atoms with Gasteiger partial charge in [-0.3, -0.25) is 4.79 Å². The summed E-state index contributed by atoms with van der Waals surface area (Å²) in [5, 5.41) is 2.85. The zero-order valence-electron chi connectivity index (χ0n) is 10.5. The normalized spacial score (nSPS) is 10.3. The molecule has 0 atom stereocenters. The van der Waals surface area contributed by atoms with Crippen LogP contribution in [0.3, 0.4) is 0 Å². The van der Waals surface area contributed by atoms with E-state index in [1.54, 1.807) is 12.1 Å². The number of carbonyl (C=O) groups is 1. The zero-order chi connectivity index (χ0) is 14.7. The van der Waals surface area contributed by atoms with Gasteiger partial charge in [-0.25, -0.2) is 8.78 Å². The molecule has 2 aromatic rings. The number of nitrogen functional groups attached to an aromatic ring is 1. The second-order valence-corrected chi connectivity index (χ2v) is 4.22. The van der Waals surface area contributed by atoms with Gasteiger partial charge in [-0.2, -0.15) is 0 Å². The van der Waals surface area contributed by atoms with Gasteiger partial charge in [0.2, 0.25) is 0 Å². The fraction of sp³-hybridized carbons (Fsp3) is 0.0714. The second-order valence-electron chi connectivity index (χ2n) is 4.22.